The maximum atomic E-state index is 12.9. The molecule has 1 atom stereocenters. The van der Waals surface area contributed by atoms with E-state index in [1.54, 1.807) is 41.3 Å². The summed E-state index contributed by atoms with van der Waals surface area (Å²) in [6.45, 7) is 2.63. The molecule has 200 valence electrons. The van der Waals surface area contributed by atoms with E-state index in [-0.39, 0.29) is 46.8 Å². The number of rotatable bonds is 8. The van der Waals surface area contributed by atoms with Gasteiger partial charge in [-0.05, 0) is 42.8 Å². The molecule has 1 aliphatic heterocycles. The van der Waals surface area contributed by atoms with Gasteiger partial charge in [0.2, 0.25) is 10.0 Å². The van der Waals surface area contributed by atoms with Crippen molar-refractivity contribution in [1.29, 1.82) is 0 Å². The molecule has 1 aliphatic rings. The molecule has 4 rings (SSSR count). The summed E-state index contributed by atoms with van der Waals surface area (Å²) in [5.41, 5.74) is 0.685. The number of furan rings is 1. The highest BCUT2D eigenvalue weighted by molar-refractivity contribution is 7.89. The molecule has 2 heterocycles. The first kappa shape index (κ1) is 27.4. The minimum absolute atomic E-state index is 0.0418. The quantitative estimate of drug-likeness (QED) is 0.420. The second-order valence-corrected chi connectivity index (χ2v) is 10.7. The summed E-state index contributed by atoms with van der Waals surface area (Å²) < 4.78 is 38.6. The largest absolute Gasteiger partial charge is 0.459 e. The third kappa shape index (κ3) is 6.42. The van der Waals surface area contributed by atoms with Crippen molar-refractivity contribution in [3.05, 3.63) is 88.8 Å². The molecular weight excluding hydrogens is 534 g/mol. The van der Waals surface area contributed by atoms with Crippen LogP contribution in [-0.2, 0) is 26.1 Å². The molecule has 1 fully saturated rings. The van der Waals surface area contributed by atoms with Gasteiger partial charge in [0.25, 0.3) is 11.8 Å². The average molecular weight is 560 g/mol. The van der Waals surface area contributed by atoms with Gasteiger partial charge in [0, 0.05) is 32.7 Å². The molecule has 3 aromatic rings. The van der Waals surface area contributed by atoms with Crippen molar-refractivity contribution in [1.82, 2.24) is 14.5 Å². The predicted octanol–water partition coefficient (Wildman–Crippen LogP) is 2.94. The van der Waals surface area contributed by atoms with E-state index < -0.39 is 28.0 Å². The fraction of sp³-hybridized carbons (Fsp3) is 0.269. The highest BCUT2D eigenvalue weighted by Gasteiger charge is 2.30. The molecule has 1 saturated heterocycles. The summed E-state index contributed by atoms with van der Waals surface area (Å²) in [6.07, 6.45) is 0.297. The van der Waals surface area contributed by atoms with E-state index in [0.717, 1.165) is 11.6 Å². The van der Waals surface area contributed by atoms with Crippen LogP contribution < -0.4 is 4.72 Å². The van der Waals surface area contributed by atoms with E-state index in [1.165, 1.54) is 30.2 Å². The van der Waals surface area contributed by atoms with Crippen molar-refractivity contribution in [2.24, 2.45) is 0 Å². The van der Waals surface area contributed by atoms with Crippen LogP contribution in [0.15, 0.2) is 76.2 Å². The molecule has 1 unspecified atom stereocenters. The smallest absolute Gasteiger partial charge is 0.338 e. The minimum atomic E-state index is -4.04. The van der Waals surface area contributed by atoms with Gasteiger partial charge in [0.15, 0.2) is 11.9 Å². The number of benzene rings is 2. The molecule has 1 N–H and O–H groups in total. The van der Waals surface area contributed by atoms with Crippen molar-refractivity contribution in [3.8, 4) is 0 Å². The summed E-state index contributed by atoms with van der Waals surface area (Å²) in [7, 11) is -4.04. The summed E-state index contributed by atoms with van der Waals surface area (Å²) in [5.74, 6) is -1.32. The molecule has 0 aliphatic carbocycles. The number of amides is 2. The Morgan fingerprint density at radius 2 is 1.68 bits per heavy atom. The normalized spacial score (nSPS) is 14.7. The van der Waals surface area contributed by atoms with Crippen molar-refractivity contribution >= 4 is 39.4 Å². The lowest BCUT2D eigenvalue weighted by atomic mass is 10.2. The average Bonchev–Trinajstić information content (AvgIpc) is 3.47. The Morgan fingerprint density at radius 3 is 2.34 bits per heavy atom. The molecule has 1 aromatic heterocycles. The lowest BCUT2D eigenvalue weighted by Gasteiger charge is -2.35. The van der Waals surface area contributed by atoms with Crippen molar-refractivity contribution in [2.75, 3.05) is 26.2 Å². The fourth-order valence-electron chi connectivity index (χ4n) is 3.91. The summed E-state index contributed by atoms with van der Waals surface area (Å²) in [5, 5.41) is -0.0618. The van der Waals surface area contributed by atoms with E-state index >= 15 is 0 Å². The van der Waals surface area contributed by atoms with E-state index in [9.17, 15) is 22.8 Å². The first-order valence-corrected chi connectivity index (χ1v) is 13.7. The predicted molar refractivity (Wildman–Crippen MR) is 138 cm³/mol. The van der Waals surface area contributed by atoms with Gasteiger partial charge in [-0.25, -0.2) is 17.9 Å². The number of nitrogens with one attached hydrogen (secondary N) is 1. The maximum Gasteiger partial charge on any atom is 0.338 e. The van der Waals surface area contributed by atoms with Crippen LogP contribution in [0.5, 0.6) is 0 Å². The molecular formula is C26H26ClN3O7S. The summed E-state index contributed by atoms with van der Waals surface area (Å²) in [4.78, 5) is 40.9. The van der Waals surface area contributed by atoms with E-state index in [2.05, 4.69) is 4.72 Å². The Hall–Kier alpha value is -3.67. The monoisotopic (exact) mass is 559 g/mol. The van der Waals surface area contributed by atoms with Gasteiger partial charge in [-0.3, -0.25) is 9.59 Å². The van der Waals surface area contributed by atoms with Crippen LogP contribution in [0.4, 0.5) is 0 Å². The van der Waals surface area contributed by atoms with E-state index in [0.29, 0.717) is 13.1 Å². The molecule has 2 aromatic carbocycles. The van der Waals surface area contributed by atoms with Gasteiger partial charge in [-0.2, -0.15) is 0 Å². The molecule has 0 radical (unpaired) electrons. The molecule has 38 heavy (non-hydrogen) atoms. The zero-order valence-corrected chi connectivity index (χ0v) is 22.1. The lowest BCUT2D eigenvalue weighted by Crippen LogP contribution is -2.53. The molecule has 0 saturated carbocycles. The van der Waals surface area contributed by atoms with Crippen LogP contribution in [0.3, 0.4) is 0 Å². The van der Waals surface area contributed by atoms with Crippen molar-refractivity contribution in [2.45, 2.75) is 24.5 Å². The third-order valence-corrected chi connectivity index (χ3v) is 7.89. The highest BCUT2D eigenvalue weighted by Crippen LogP contribution is 2.24. The number of hydrogen-bond donors (Lipinski definition) is 1. The van der Waals surface area contributed by atoms with E-state index in [4.69, 9.17) is 20.8 Å². The lowest BCUT2D eigenvalue weighted by molar-refractivity contribution is -0.141. The fourth-order valence-corrected chi connectivity index (χ4v) is 5.45. The molecule has 2 amide bonds. The van der Waals surface area contributed by atoms with Crippen LogP contribution in [-0.4, -0.2) is 68.3 Å². The molecule has 0 spiro atoms. The Morgan fingerprint density at radius 1 is 1.00 bits per heavy atom. The van der Waals surface area contributed by atoms with Gasteiger partial charge in [0.1, 0.15) is 4.90 Å². The van der Waals surface area contributed by atoms with Crippen molar-refractivity contribution < 1.29 is 32.0 Å². The maximum absolute atomic E-state index is 12.9. The molecule has 12 heteroatoms. The standard InChI is InChI=1S/C26H26ClN3O7S/c1-18(24(31)29-11-13-30(14-12-29)25(32)22-8-5-15-36-22)37-26(33)20-9-10-21(27)23(16-20)38(34,35)28-17-19-6-3-2-4-7-19/h2-10,15-16,18,28H,11-14,17H2,1H3. The first-order chi connectivity index (χ1) is 18.2. The second kappa shape index (κ2) is 11.8. The first-order valence-electron chi connectivity index (χ1n) is 11.8. The number of carbonyl (C=O) groups excluding carboxylic acids is 3. The van der Waals surface area contributed by atoms with Gasteiger partial charge in [-0.1, -0.05) is 41.9 Å². The number of nitrogens with zero attached hydrogens (tertiary/aromatic N) is 2. The zero-order valence-electron chi connectivity index (χ0n) is 20.5. The number of sulfonamides is 1. The number of esters is 1. The minimum Gasteiger partial charge on any atom is -0.459 e. The molecule has 0 bridgehead atoms. The van der Waals surface area contributed by atoms with Gasteiger partial charge in [-0.15, -0.1) is 0 Å². The van der Waals surface area contributed by atoms with E-state index in [1.807, 2.05) is 6.07 Å². The zero-order chi connectivity index (χ0) is 27.3. The number of ether oxygens (including phenoxy) is 1. The highest BCUT2D eigenvalue weighted by atomic mass is 35.5. The number of carbonyl (C=O) groups is 3. The number of piperazine rings is 1. The Kier molecular flexibility index (Phi) is 8.50. The van der Waals surface area contributed by atoms with Crippen LogP contribution in [0.1, 0.15) is 33.4 Å². The second-order valence-electron chi connectivity index (χ2n) is 8.60. The number of halogens is 1. The van der Waals surface area contributed by atoms with Crippen LogP contribution in [0.2, 0.25) is 5.02 Å². The van der Waals surface area contributed by atoms with Gasteiger partial charge < -0.3 is 19.0 Å². The number of hydrogen-bond acceptors (Lipinski definition) is 7. The third-order valence-electron chi connectivity index (χ3n) is 6.01. The summed E-state index contributed by atoms with van der Waals surface area (Å²) in [6, 6.07) is 15.9. The Balaban J connectivity index is 1.35. The van der Waals surface area contributed by atoms with Crippen LogP contribution >= 0.6 is 11.6 Å². The topological polar surface area (TPSA) is 126 Å². The summed E-state index contributed by atoms with van der Waals surface area (Å²) >= 11 is 6.13. The van der Waals surface area contributed by atoms with Gasteiger partial charge in [0.05, 0.1) is 16.8 Å². The van der Waals surface area contributed by atoms with Crippen LogP contribution in [0, 0.1) is 0 Å². The Bertz CT molecular complexity index is 1400. The SMILES string of the molecule is CC(OC(=O)c1ccc(Cl)c(S(=O)(=O)NCc2ccccc2)c1)C(=O)N1CCN(C(=O)c2ccco2)CC1. The van der Waals surface area contributed by atoms with Gasteiger partial charge >= 0.3 is 5.97 Å². The Labute approximate surface area is 225 Å². The van der Waals surface area contributed by atoms with Crippen molar-refractivity contribution in [3.63, 3.8) is 0 Å². The van der Waals surface area contributed by atoms with Crippen LogP contribution in [0.25, 0.3) is 0 Å². The molecule has 10 nitrogen and oxygen atoms in total.